The number of carboxylic acids is 1. The second-order valence-electron chi connectivity index (χ2n) is 4.63. The first-order valence-corrected chi connectivity index (χ1v) is 6.27. The molecule has 1 heterocycles. The summed E-state index contributed by atoms with van der Waals surface area (Å²) in [5.74, 6) is -1.22. The van der Waals surface area contributed by atoms with E-state index in [1.165, 1.54) is 12.5 Å². The second-order valence-corrected chi connectivity index (χ2v) is 4.63. The van der Waals surface area contributed by atoms with Crippen LogP contribution in [0.25, 0.3) is 0 Å². The van der Waals surface area contributed by atoms with Crippen LogP contribution in [0, 0.1) is 0 Å². The topological polar surface area (TPSA) is 66.8 Å². The number of fused-ring (bicyclic) bond motifs is 1. The van der Waals surface area contributed by atoms with Crippen LogP contribution in [0.15, 0.2) is 24.3 Å². The van der Waals surface area contributed by atoms with Gasteiger partial charge in [0, 0.05) is 13.1 Å². The fourth-order valence-electron chi connectivity index (χ4n) is 2.07. The lowest BCUT2D eigenvalue weighted by molar-refractivity contribution is -0.153. The maximum Gasteiger partial charge on any atom is 0.332 e. The number of hydrogen-bond acceptors (Lipinski definition) is 3. The molecule has 0 bridgehead atoms. The number of amides is 1. The molecule has 0 radical (unpaired) electrons. The normalized spacial score (nSPS) is 15.7. The highest BCUT2D eigenvalue weighted by Crippen LogP contribution is 2.18. The van der Waals surface area contributed by atoms with E-state index in [-0.39, 0.29) is 12.5 Å². The van der Waals surface area contributed by atoms with Crippen molar-refractivity contribution in [1.82, 2.24) is 4.90 Å². The van der Waals surface area contributed by atoms with Gasteiger partial charge in [0.15, 0.2) is 6.10 Å². The number of carbonyl (C=O) groups excluding carboxylic acids is 1. The quantitative estimate of drug-likeness (QED) is 0.882. The van der Waals surface area contributed by atoms with Crippen molar-refractivity contribution in [3.8, 4) is 0 Å². The molecule has 1 atom stereocenters. The lowest BCUT2D eigenvalue weighted by Crippen LogP contribution is -2.39. The minimum atomic E-state index is -1.06. The molecule has 1 aliphatic rings. The first-order valence-electron chi connectivity index (χ1n) is 6.27. The zero-order valence-electron chi connectivity index (χ0n) is 10.8. The van der Waals surface area contributed by atoms with E-state index >= 15 is 0 Å². The number of benzene rings is 1. The highest BCUT2D eigenvalue weighted by Gasteiger charge is 2.21. The monoisotopic (exact) mass is 263 g/mol. The van der Waals surface area contributed by atoms with E-state index in [0.717, 1.165) is 12.0 Å². The lowest BCUT2D eigenvalue weighted by atomic mass is 10.00. The van der Waals surface area contributed by atoms with Gasteiger partial charge in [-0.2, -0.15) is 0 Å². The highest BCUT2D eigenvalue weighted by atomic mass is 16.5. The standard InChI is InChI=1S/C14H17NO4/c1-10(14(17)18)19-9-13(16)15-7-6-11-4-2-3-5-12(11)8-15/h2-5,10H,6-9H2,1H3,(H,17,18)/t10-/m0/s1. The van der Waals surface area contributed by atoms with Gasteiger partial charge in [0.05, 0.1) is 0 Å². The van der Waals surface area contributed by atoms with Crippen molar-refractivity contribution in [2.75, 3.05) is 13.2 Å². The third-order valence-electron chi connectivity index (χ3n) is 3.29. The Morgan fingerprint density at radius 1 is 1.37 bits per heavy atom. The van der Waals surface area contributed by atoms with Gasteiger partial charge in [-0.05, 0) is 24.5 Å². The van der Waals surface area contributed by atoms with Gasteiger partial charge in [0.2, 0.25) is 5.91 Å². The highest BCUT2D eigenvalue weighted by molar-refractivity contribution is 5.78. The lowest BCUT2D eigenvalue weighted by Gasteiger charge is -2.29. The molecule has 19 heavy (non-hydrogen) atoms. The molecule has 0 saturated heterocycles. The molecular weight excluding hydrogens is 246 g/mol. The Bertz CT molecular complexity index is 486. The number of hydrogen-bond donors (Lipinski definition) is 1. The van der Waals surface area contributed by atoms with Gasteiger partial charge < -0.3 is 14.7 Å². The van der Waals surface area contributed by atoms with Crippen LogP contribution in [0.3, 0.4) is 0 Å². The smallest absolute Gasteiger partial charge is 0.332 e. The molecule has 0 fully saturated rings. The van der Waals surface area contributed by atoms with Crippen LogP contribution in [0.4, 0.5) is 0 Å². The van der Waals surface area contributed by atoms with E-state index in [4.69, 9.17) is 9.84 Å². The maximum atomic E-state index is 11.9. The first kappa shape index (κ1) is 13.5. The fraction of sp³-hybridized carbons (Fsp3) is 0.429. The van der Waals surface area contributed by atoms with E-state index in [1.54, 1.807) is 4.90 Å². The Balaban J connectivity index is 1.90. The van der Waals surface area contributed by atoms with Crippen molar-refractivity contribution in [1.29, 1.82) is 0 Å². The van der Waals surface area contributed by atoms with Crippen molar-refractivity contribution in [2.24, 2.45) is 0 Å². The van der Waals surface area contributed by atoms with E-state index in [1.807, 2.05) is 18.2 Å². The van der Waals surface area contributed by atoms with E-state index < -0.39 is 12.1 Å². The number of nitrogens with zero attached hydrogens (tertiary/aromatic N) is 1. The Morgan fingerprint density at radius 2 is 2.05 bits per heavy atom. The van der Waals surface area contributed by atoms with Gasteiger partial charge >= 0.3 is 5.97 Å². The average molecular weight is 263 g/mol. The molecule has 1 aliphatic heterocycles. The van der Waals surface area contributed by atoms with Crippen LogP contribution in [-0.2, 0) is 27.3 Å². The molecule has 1 N–H and O–H groups in total. The Morgan fingerprint density at radius 3 is 2.74 bits per heavy atom. The van der Waals surface area contributed by atoms with Crippen molar-refractivity contribution in [3.05, 3.63) is 35.4 Å². The van der Waals surface area contributed by atoms with E-state index in [9.17, 15) is 9.59 Å². The number of carbonyl (C=O) groups is 2. The molecule has 0 unspecified atom stereocenters. The summed E-state index contributed by atoms with van der Waals surface area (Å²) in [6, 6.07) is 8.03. The average Bonchev–Trinajstić information content (AvgIpc) is 2.43. The van der Waals surface area contributed by atoms with Crippen molar-refractivity contribution < 1.29 is 19.4 Å². The summed E-state index contributed by atoms with van der Waals surface area (Å²) in [5, 5.41) is 8.69. The van der Waals surface area contributed by atoms with Crippen molar-refractivity contribution in [2.45, 2.75) is 26.0 Å². The first-order chi connectivity index (χ1) is 9.08. The van der Waals surface area contributed by atoms with Gasteiger partial charge in [0.25, 0.3) is 0 Å². The third kappa shape index (κ3) is 3.32. The third-order valence-corrected chi connectivity index (χ3v) is 3.29. The predicted molar refractivity (Wildman–Crippen MR) is 68.6 cm³/mol. The van der Waals surface area contributed by atoms with Gasteiger partial charge in [-0.3, -0.25) is 4.79 Å². The molecule has 5 nitrogen and oxygen atoms in total. The molecule has 1 amide bonds. The summed E-state index contributed by atoms with van der Waals surface area (Å²) in [4.78, 5) is 24.3. The van der Waals surface area contributed by atoms with Crippen LogP contribution in [-0.4, -0.2) is 41.1 Å². The summed E-state index contributed by atoms with van der Waals surface area (Å²) in [5.41, 5.74) is 2.42. The minimum absolute atomic E-state index is 0.164. The maximum absolute atomic E-state index is 11.9. The molecule has 5 heteroatoms. The molecule has 1 aromatic carbocycles. The van der Waals surface area contributed by atoms with Crippen LogP contribution in [0.2, 0.25) is 0 Å². The number of rotatable bonds is 4. The Labute approximate surface area is 111 Å². The molecule has 102 valence electrons. The number of carboxylic acid groups (broad SMARTS) is 1. The largest absolute Gasteiger partial charge is 0.479 e. The molecule has 0 saturated carbocycles. The van der Waals surface area contributed by atoms with Crippen LogP contribution < -0.4 is 0 Å². The Hall–Kier alpha value is -1.88. The van der Waals surface area contributed by atoms with Crippen molar-refractivity contribution >= 4 is 11.9 Å². The number of ether oxygens (including phenoxy) is 1. The van der Waals surface area contributed by atoms with Gasteiger partial charge in [0.1, 0.15) is 6.61 Å². The van der Waals surface area contributed by atoms with Gasteiger partial charge in [-0.1, -0.05) is 24.3 Å². The zero-order chi connectivity index (χ0) is 13.8. The summed E-state index contributed by atoms with van der Waals surface area (Å²) in [6.45, 7) is 2.46. The van der Waals surface area contributed by atoms with Gasteiger partial charge in [-0.25, -0.2) is 4.79 Å². The second kappa shape index (κ2) is 5.84. The molecular formula is C14H17NO4. The summed E-state index contributed by atoms with van der Waals surface area (Å²) < 4.78 is 5.02. The zero-order valence-corrected chi connectivity index (χ0v) is 10.8. The molecule has 0 spiro atoms. The minimum Gasteiger partial charge on any atom is -0.479 e. The summed E-state index contributed by atoms with van der Waals surface area (Å²) in [6.07, 6.45) is -0.128. The van der Waals surface area contributed by atoms with E-state index in [2.05, 4.69) is 6.07 Å². The van der Waals surface area contributed by atoms with Crippen LogP contribution in [0.1, 0.15) is 18.1 Å². The Kier molecular flexibility index (Phi) is 4.16. The summed E-state index contributed by atoms with van der Waals surface area (Å²) >= 11 is 0. The van der Waals surface area contributed by atoms with E-state index in [0.29, 0.717) is 13.1 Å². The molecule has 0 aliphatic carbocycles. The van der Waals surface area contributed by atoms with Crippen LogP contribution >= 0.6 is 0 Å². The SMILES string of the molecule is C[C@H](OCC(=O)N1CCc2ccccc2C1)C(=O)O. The molecule has 0 aromatic heterocycles. The molecule has 1 aromatic rings. The fourth-order valence-corrected chi connectivity index (χ4v) is 2.07. The van der Waals surface area contributed by atoms with Crippen molar-refractivity contribution in [3.63, 3.8) is 0 Å². The molecule has 2 rings (SSSR count). The van der Waals surface area contributed by atoms with Crippen LogP contribution in [0.5, 0.6) is 0 Å². The predicted octanol–water partition coefficient (Wildman–Crippen LogP) is 1.06. The van der Waals surface area contributed by atoms with Gasteiger partial charge in [-0.15, -0.1) is 0 Å². The number of aliphatic carboxylic acids is 1. The summed E-state index contributed by atoms with van der Waals surface area (Å²) in [7, 11) is 0.